The molecule has 0 amide bonds. The number of nitrogens with zero attached hydrogens (tertiary/aromatic N) is 3. The first kappa shape index (κ1) is 15.6. The lowest BCUT2D eigenvalue weighted by Gasteiger charge is -2.53. The molecule has 120 valence electrons. The largest absolute Gasteiger partial charge is 0.416 e. The van der Waals surface area contributed by atoms with Crippen molar-refractivity contribution < 1.29 is 9.16 Å². The molecule has 1 saturated heterocycles. The van der Waals surface area contributed by atoms with E-state index in [2.05, 4.69) is 61.4 Å². The van der Waals surface area contributed by atoms with Gasteiger partial charge in [0.05, 0.1) is 18.8 Å². The predicted molar refractivity (Wildman–Crippen MR) is 89.7 cm³/mol. The van der Waals surface area contributed by atoms with E-state index >= 15 is 0 Å². The van der Waals surface area contributed by atoms with E-state index in [-0.39, 0.29) is 16.2 Å². The van der Waals surface area contributed by atoms with Gasteiger partial charge in [-0.1, -0.05) is 20.8 Å². The lowest BCUT2D eigenvalue weighted by Crippen LogP contribution is -2.65. The van der Waals surface area contributed by atoms with Crippen LogP contribution >= 0.6 is 0 Å². The molecule has 0 bridgehead atoms. The summed E-state index contributed by atoms with van der Waals surface area (Å²) in [5.74, 6) is 0. The average molecular weight is 319 g/mol. The highest BCUT2D eigenvalue weighted by Crippen LogP contribution is 2.42. The standard InChI is InChI=1S/C16H25N3O2Si/c1-14(2,3)22-21-15(4,5)16(9-20-10-16)19-7-6-12-8-17-11-18-13(12)19/h6-8,11H,9-10,22H2,1-5H3. The number of fused-ring (bicyclic) bond motifs is 1. The fourth-order valence-electron chi connectivity index (χ4n) is 2.83. The van der Waals surface area contributed by atoms with Crippen LogP contribution in [0.5, 0.6) is 0 Å². The Labute approximate surface area is 134 Å². The number of aromatic nitrogens is 3. The second kappa shape index (κ2) is 5.14. The maximum atomic E-state index is 6.47. The zero-order valence-corrected chi connectivity index (χ0v) is 15.5. The van der Waals surface area contributed by atoms with Gasteiger partial charge in [-0.3, -0.25) is 0 Å². The highest BCUT2D eigenvalue weighted by molar-refractivity contribution is 6.31. The normalized spacial score (nSPS) is 19.0. The van der Waals surface area contributed by atoms with Gasteiger partial charge in [0.15, 0.2) is 9.76 Å². The average Bonchev–Trinajstić information content (AvgIpc) is 2.79. The van der Waals surface area contributed by atoms with Crippen LogP contribution in [0, 0.1) is 0 Å². The van der Waals surface area contributed by atoms with E-state index in [4.69, 9.17) is 9.16 Å². The molecule has 1 fully saturated rings. The number of rotatable bonds is 4. The monoisotopic (exact) mass is 319 g/mol. The van der Waals surface area contributed by atoms with Crippen LogP contribution in [-0.2, 0) is 14.7 Å². The van der Waals surface area contributed by atoms with Crippen molar-refractivity contribution in [1.29, 1.82) is 0 Å². The lowest BCUT2D eigenvalue weighted by atomic mass is 9.80. The molecule has 0 spiro atoms. The molecule has 0 saturated carbocycles. The van der Waals surface area contributed by atoms with Crippen molar-refractivity contribution in [1.82, 2.24) is 14.5 Å². The SMILES string of the molecule is CC(C)(C)[SiH2]OC(C)(C)C1(n2ccc3cncnc32)COC1. The Morgan fingerprint density at radius 2 is 2.00 bits per heavy atom. The summed E-state index contributed by atoms with van der Waals surface area (Å²) in [7, 11) is -0.651. The van der Waals surface area contributed by atoms with Crippen LogP contribution in [0.2, 0.25) is 5.04 Å². The van der Waals surface area contributed by atoms with Crippen molar-refractivity contribution in [2.45, 2.75) is 50.8 Å². The van der Waals surface area contributed by atoms with Crippen molar-refractivity contribution in [2.24, 2.45) is 0 Å². The maximum absolute atomic E-state index is 6.47. The minimum absolute atomic E-state index is 0.193. The first-order valence-corrected chi connectivity index (χ1v) is 9.03. The fourth-order valence-corrected chi connectivity index (χ4v) is 3.89. The van der Waals surface area contributed by atoms with Crippen molar-refractivity contribution in [3.8, 4) is 0 Å². The summed E-state index contributed by atoms with van der Waals surface area (Å²) in [5.41, 5.74) is 0.468. The molecule has 2 aromatic rings. The van der Waals surface area contributed by atoms with Crippen LogP contribution in [0.15, 0.2) is 24.8 Å². The summed E-state index contributed by atoms with van der Waals surface area (Å²) in [5, 5.41) is 1.32. The summed E-state index contributed by atoms with van der Waals surface area (Å²) >= 11 is 0. The highest BCUT2D eigenvalue weighted by Gasteiger charge is 2.54. The summed E-state index contributed by atoms with van der Waals surface area (Å²) < 4.78 is 14.3. The van der Waals surface area contributed by atoms with Gasteiger partial charge in [-0.2, -0.15) is 0 Å². The zero-order valence-electron chi connectivity index (χ0n) is 14.1. The minimum Gasteiger partial charge on any atom is -0.416 e. The molecular weight excluding hydrogens is 294 g/mol. The summed E-state index contributed by atoms with van der Waals surface area (Å²) in [6.07, 6.45) is 5.54. The van der Waals surface area contributed by atoms with Gasteiger partial charge in [0, 0.05) is 17.8 Å². The molecule has 5 nitrogen and oxygen atoms in total. The molecule has 0 N–H and O–H groups in total. The Kier molecular flexibility index (Phi) is 3.66. The third-order valence-corrected chi connectivity index (χ3v) is 6.21. The molecule has 0 atom stereocenters. The Hall–Kier alpha value is -1.24. The number of hydrogen-bond acceptors (Lipinski definition) is 4. The minimum atomic E-state index is -0.651. The molecule has 0 radical (unpaired) electrons. The second-order valence-corrected chi connectivity index (χ2v) is 10.6. The van der Waals surface area contributed by atoms with E-state index in [0.29, 0.717) is 13.2 Å². The van der Waals surface area contributed by atoms with Crippen molar-refractivity contribution in [2.75, 3.05) is 13.2 Å². The van der Waals surface area contributed by atoms with E-state index in [0.717, 1.165) is 11.0 Å². The molecule has 3 rings (SSSR count). The van der Waals surface area contributed by atoms with Gasteiger partial charge in [-0.25, -0.2) is 9.97 Å². The molecule has 0 aliphatic carbocycles. The van der Waals surface area contributed by atoms with E-state index in [1.165, 1.54) is 0 Å². The van der Waals surface area contributed by atoms with E-state index in [1.54, 1.807) is 6.33 Å². The summed E-state index contributed by atoms with van der Waals surface area (Å²) in [6, 6.07) is 2.06. The van der Waals surface area contributed by atoms with Crippen LogP contribution in [0.3, 0.4) is 0 Å². The second-order valence-electron chi connectivity index (χ2n) is 7.87. The quantitative estimate of drug-likeness (QED) is 0.811. The number of hydrogen-bond donors (Lipinski definition) is 0. The van der Waals surface area contributed by atoms with Crippen molar-refractivity contribution >= 4 is 20.8 Å². The molecule has 6 heteroatoms. The van der Waals surface area contributed by atoms with E-state index in [9.17, 15) is 0 Å². The predicted octanol–water partition coefficient (Wildman–Crippen LogP) is 2.25. The number of ether oxygens (including phenoxy) is 1. The Morgan fingerprint density at radius 3 is 2.59 bits per heavy atom. The fraction of sp³-hybridized carbons (Fsp3) is 0.625. The molecule has 0 aromatic carbocycles. The van der Waals surface area contributed by atoms with Crippen molar-refractivity contribution in [3.05, 3.63) is 24.8 Å². The van der Waals surface area contributed by atoms with E-state index < -0.39 is 9.76 Å². The molecule has 3 heterocycles. The zero-order chi connectivity index (χ0) is 16.0. The first-order chi connectivity index (χ1) is 10.3. The van der Waals surface area contributed by atoms with Gasteiger partial charge >= 0.3 is 0 Å². The van der Waals surface area contributed by atoms with Gasteiger partial charge in [-0.05, 0) is 25.0 Å². The topological polar surface area (TPSA) is 49.2 Å². The smallest absolute Gasteiger partial charge is 0.167 e. The third kappa shape index (κ3) is 2.49. The van der Waals surface area contributed by atoms with Gasteiger partial charge in [0.1, 0.15) is 17.5 Å². The van der Waals surface area contributed by atoms with Crippen LogP contribution in [0.1, 0.15) is 34.6 Å². The van der Waals surface area contributed by atoms with Crippen molar-refractivity contribution in [3.63, 3.8) is 0 Å². The molecule has 2 aromatic heterocycles. The van der Waals surface area contributed by atoms with Crippen LogP contribution in [0.25, 0.3) is 11.0 Å². The van der Waals surface area contributed by atoms with Gasteiger partial charge in [0.25, 0.3) is 0 Å². The van der Waals surface area contributed by atoms with Gasteiger partial charge in [-0.15, -0.1) is 0 Å². The summed E-state index contributed by atoms with van der Waals surface area (Å²) in [4.78, 5) is 8.57. The van der Waals surface area contributed by atoms with Crippen LogP contribution in [0.4, 0.5) is 0 Å². The molecule has 1 aliphatic rings. The summed E-state index contributed by atoms with van der Waals surface area (Å²) in [6.45, 7) is 12.4. The Bertz CT molecular complexity index is 671. The lowest BCUT2D eigenvalue weighted by molar-refractivity contribution is -0.184. The first-order valence-electron chi connectivity index (χ1n) is 7.75. The Balaban J connectivity index is 1.98. The molecular formula is C16H25N3O2Si. The van der Waals surface area contributed by atoms with Gasteiger partial charge in [0.2, 0.25) is 0 Å². The molecule has 0 unspecified atom stereocenters. The van der Waals surface area contributed by atoms with Crippen LogP contribution < -0.4 is 0 Å². The molecule has 22 heavy (non-hydrogen) atoms. The molecule has 1 aliphatic heterocycles. The van der Waals surface area contributed by atoms with Crippen LogP contribution in [-0.4, -0.2) is 43.1 Å². The Morgan fingerprint density at radius 1 is 1.27 bits per heavy atom. The van der Waals surface area contributed by atoms with E-state index in [1.807, 2.05) is 6.20 Å². The highest BCUT2D eigenvalue weighted by atomic mass is 28.2. The van der Waals surface area contributed by atoms with Gasteiger partial charge < -0.3 is 13.7 Å². The third-order valence-electron chi connectivity index (χ3n) is 4.48. The maximum Gasteiger partial charge on any atom is 0.167 e.